The van der Waals surface area contributed by atoms with Crippen LogP contribution in [0.25, 0.3) is 0 Å². The molecule has 3 heteroatoms. The van der Waals surface area contributed by atoms with Gasteiger partial charge in [-0.2, -0.15) is 0 Å². The van der Waals surface area contributed by atoms with E-state index in [1.807, 2.05) is 30.3 Å². The van der Waals surface area contributed by atoms with Crippen LogP contribution in [0.2, 0.25) is 0 Å². The SMILES string of the molecule is CCNCC(Cc1ccccc1F)c1ccccc1Br. The second-order valence-electron chi connectivity index (χ2n) is 4.82. The van der Waals surface area contributed by atoms with Crippen molar-refractivity contribution in [3.05, 3.63) is 69.9 Å². The third-order valence-corrected chi connectivity index (χ3v) is 4.13. The van der Waals surface area contributed by atoms with Gasteiger partial charge in [0.1, 0.15) is 5.82 Å². The monoisotopic (exact) mass is 335 g/mol. The number of nitrogens with one attached hydrogen (secondary N) is 1. The Hall–Kier alpha value is -1.19. The van der Waals surface area contributed by atoms with Crippen molar-refractivity contribution >= 4 is 15.9 Å². The van der Waals surface area contributed by atoms with E-state index in [4.69, 9.17) is 0 Å². The molecule has 0 radical (unpaired) electrons. The third-order valence-electron chi connectivity index (χ3n) is 3.41. The molecule has 0 bridgehead atoms. The summed E-state index contributed by atoms with van der Waals surface area (Å²) in [6, 6.07) is 15.2. The molecule has 1 N–H and O–H groups in total. The molecule has 2 aromatic rings. The van der Waals surface area contributed by atoms with E-state index in [9.17, 15) is 4.39 Å². The fraction of sp³-hybridized carbons (Fsp3) is 0.294. The molecule has 2 rings (SSSR count). The molecule has 106 valence electrons. The van der Waals surface area contributed by atoms with Crippen LogP contribution in [0, 0.1) is 5.82 Å². The first-order chi connectivity index (χ1) is 9.72. The van der Waals surface area contributed by atoms with Crippen LogP contribution in [-0.2, 0) is 6.42 Å². The smallest absolute Gasteiger partial charge is 0.126 e. The summed E-state index contributed by atoms with van der Waals surface area (Å²) in [5, 5.41) is 3.37. The zero-order valence-corrected chi connectivity index (χ0v) is 13.2. The number of halogens is 2. The Kier molecular flexibility index (Phi) is 5.74. The first kappa shape index (κ1) is 15.2. The molecule has 0 aliphatic rings. The molecular formula is C17H19BrFN. The molecule has 0 saturated carbocycles. The predicted octanol–water partition coefficient (Wildman–Crippen LogP) is 4.52. The normalized spacial score (nSPS) is 12.3. The predicted molar refractivity (Wildman–Crippen MR) is 85.5 cm³/mol. The fourth-order valence-corrected chi connectivity index (χ4v) is 2.95. The molecule has 0 heterocycles. The molecule has 0 saturated heterocycles. The highest BCUT2D eigenvalue weighted by Crippen LogP contribution is 2.28. The van der Waals surface area contributed by atoms with Crippen LogP contribution in [0.3, 0.4) is 0 Å². The molecule has 0 fully saturated rings. The van der Waals surface area contributed by atoms with Gasteiger partial charge in [-0.1, -0.05) is 59.3 Å². The van der Waals surface area contributed by atoms with Gasteiger partial charge in [0.2, 0.25) is 0 Å². The first-order valence-corrected chi connectivity index (χ1v) is 7.70. The lowest BCUT2D eigenvalue weighted by atomic mass is 9.91. The fourth-order valence-electron chi connectivity index (χ4n) is 2.35. The van der Waals surface area contributed by atoms with Gasteiger partial charge < -0.3 is 5.32 Å². The Morgan fingerprint density at radius 1 is 1.10 bits per heavy atom. The van der Waals surface area contributed by atoms with Crippen molar-refractivity contribution in [3.63, 3.8) is 0 Å². The van der Waals surface area contributed by atoms with E-state index in [-0.39, 0.29) is 11.7 Å². The van der Waals surface area contributed by atoms with Gasteiger partial charge in [0.15, 0.2) is 0 Å². The molecule has 0 amide bonds. The highest BCUT2D eigenvalue weighted by atomic mass is 79.9. The highest BCUT2D eigenvalue weighted by molar-refractivity contribution is 9.10. The van der Waals surface area contributed by atoms with E-state index in [0.717, 1.165) is 23.1 Å². The van der Waals surface area contributed by atoms with Gasteiger partial charge in [0.25, 0.3) is 0 Å². The standard InChI is InChI=1S/C17H19BrFN/c1-2-20-12-14(15-8-4-5-9-16(15)18)11-13-7-3-6-10-17(13)19/h3-10,14,20H,2,11-12H2,1H3. The van der Waals surface area contributed by atoms with E-state index in [2.05, 4.69) is 34.2 Å². The maximum absolute atomic E-state index is 13.9. The Morgan fingerprint density at radius 3 is 2.50 bits per heavy atom. The van der Waals surface area contributed by atoms with Crippen LogP contribution in [0.15, 0.2) is 53.0 Å². The van der Waals surface area contributed by atoms with Gasteiger partial charge >= 0.3 is 0 Å². The summed E-state index contributed by atoms with van der Waals surface area (Å²) in [6.45, 7) is 3.84. The molecule has 1 nitrogen and oxygen atoms in total. The summed E-state index contributed by atoms with van der Waals surface area (Å²) in [4.78, 5) is 0. The zero-order chi connectivity index (χ0) is 14.4. The molecule has 0 aromatic heterocycles. The molecule has 0 aliphatic carbocycles. The Bertz CT molecular complexity index is 556. The number of hydrogen-bond donors (Lipinski definition) is 1. The van der Waals surface area contributed by atoms with E-state index in [0.29, 0.717) is 6.42 Å². The number of likely N-dealkylation sites (N-methyl/N-ethyl adjacent to an activating group) is 1. The minimum atomic E-state index is -0.124. The maximum Gasteiger partial charge on any atom is 0.126 e. The van der Waals surface area contributed by atoms with Crippen LogP contribution >= 0.6 is 15.9 Å². The second-order valence-corrected chi connectivity index (χ2v) is 5.68. The largest absolute Gasteiger partial charge is 0.316 e. The quantitative estimate of drug-likeness (QED) is 0.818. The van der Waals surface area contributed by atoms with Crippen molar-refractivity contribution in [1.29, 1.82) is 0 Å². The van der Waals surface area contributed by atoms with Crippen molar-refractivity contribution in [2.24, 2.45) is 0 Å². The van der Waals surface area contributed by atoms with Gasteiger partial charge in [0, 0.05) is 16.9 Å². The lowest BCUT2D eigenvalue weighted by molar-refractivity contribution is 0.561. The Balaban J connectivity index is 2.24. The van der Waals surface area contributed by atoms with Crippen LogP contribution in [0.5, 0.6) is 0 Å². The van der Waals surface area contributed by atoms with Crippen LogP contribution in [0.1, 0.15) is 24.0 Å². The van der Waals surface area contributed by atoms with Crippen LogP contribution in [-0.4, -0.2) is 13.1 Å². The topological polar surface area (TPSA) is 12.0 Å². The Morgan fingerprint density at radius 2 is 1.80 bits per heavy atom. The van der Waals surface area contributed by atoms with Gasteiger partial charge in [0.05, 0.1) is 0 Å². The van der Waals surface area contributed by atoms with Gasteiger partial charge in [-0.25, -0.2) is 4.39 Å². The lowest BCUT2D eigenvalue weighted by Crippen LogP contribution is -2.23. The minimum Gasteiger partial charge on any atom is -0.316 e. The van der Waals surface area contributed by atoms with Gasteiger partial charge in [-0.3, -0.25) is 0 Å². The molecular weight excluding hydrogens is 317 g/mol. The zero-order valence-electron chi connectivity index (χ0n) is 11.6. The molecule has 0 aliphatic heterocycles. The summed E-state index contributed by atoms with van der Waals surface area (Å²) in [5.74, 6) is 0.128. The molecule has 20 heavy (non-hydrogen) atoms. The van der Waals surface area contributed by atoms with Crippen molar-refractivity contribution in [2.45, 2.75) is 19.3 Å². The van der Waals surface area contributed by atoms with Crippen molar-refractivity contribution in [1.82, 2.24) is 5.32 Å². The van der Waals surface area contributed by atoms with Gasteiger partial charge in [-0.15, -0.1) is 0 Å². The summed E-state index contributed by atoms with van der Waals surface area (Å²) < 4.78 is 14.9. The van der Waals surface area contributed by atoms with Crippen LogP contribution < -0.4 is 5.32 Å². The number of hydrogen-bond acceptors (Lipinski definition) is 1. The van der Waals surface area contributed by atoms with E-state index in [1.165, 1.54) is 11.6 Å². The molecule has 1 atom stereocenters. The van der Waals surface area contributed by atoms with Crippen molar-refractivity contribution in [3.8, 4) is 0 Å². The van der Waals surface area contributed by atoms with Crippen molar-refractivity contribution < 1.29 is 4.39 Å². The molecule has 2 aromatic carbocycles. The first-order valence-electron chi connectivity index (χ1n) is 6.91. The van der Waals surface area contributed by atoms with Crippen LogP contribution in [0.4, 0.5) is 4.39 Å². The summed E-state index contributed by atoms with van der Waals surface area (Å²) in [7, 11) is 0. The minimum absolute atomic E-state index is 0.124. The molecule has 1 unspecified atom stereocenters. The number of benzene rings is 2. The van der Waals surface area contributed by atoms with Gasteiger partial charge in [-0.05, 0) is 36.2 Å². The second kappa shape index (κ2) is 7.55. The molecule has 0 spiro atoms. The van der Waals surface area contributed by atoms with Crippen molar-refractivity contribution in [2.75, 3.05) is 13.1 Å². The summed E-state index contributed by atoms with van der Waals surface area (Å²) >= 11 is 3.60. The maximum atomic E-state index is 13.9. The van der Waals surface area contributed by atoms with E-state index in [1.54, 1.807) is 6.07 Å². The Labute approximate surface area is 128 Å². The number of rotatable bonds is 6. The lowest BCUT2D eigenvalue weighted by Gasteiger charge is -2.19. The average molecular weight is 336 g/mol. The third kappa shape index (κ3) is 3.90. The van der Waals surface area contributed by atoms with E-state index < -0.39 is 0 Å². The summed E-state index contributed by atoms with van der Waals surface area (Å²) in [5.41, 5.74) is 1.99. The summed E-state index contributed by atoms with van der Waals surface area (Å²) in [6.07, 6.45) is 0.697. The highest BCUT2D eigenvalue weighted by Gasteiger charge is 2.16. The van der Waals surface area contributed by atoms with E-state index >= 15 is 0 Å². The average Bonchev–Trinajstić information content (AvgIpc) is 2.46.